The third-order valence-electron chi connectivity index (χ3n) is 2.73. The van der Waals surface area contributed by atoms with E-state index in [1.165, 1.54) is 6.07 Å². The molecule has 142 valence electrons. The number of anilines is 2. The number of halogens is 2. The Bertz CT molecular complexity index is 888. The molecule has 14 heteroatoms. The lowest BCUT2D eigenvalue weighted by Crippen LogP contribution is -2.27. The van der Waals surface area contributed by atoms with E-state index in [2.05, 4.69) is 35.6 Å². The van der Waals surface area contributed by atoms with E-state index in [1.54, 1.807) is 0 Å². The minimum absolute atomic E-state index is 0.0134. The molecule has 1 aromatic carbocycles. The zero-order valence-corrected chi connectivity index (χ0v) is 14.0. The summed E-state index contributed by atoms with van der Waals surface area (Å²) in [5.74, 6) is -2.55. The fourth-order valence-electron chi connectivity index (χ4n) is 1.65. The number of hydrogen-bond acceptors (Lipinski definition) is 9. The highest BCUT2D eigenvalue weighted by Crippen LogP contribution is 2.16. The minimum Gasteiger partial charge on any atom is -0.409 e. The van der Waals surface area contributed by atoms with E-state index in [4.69, 9.17) is 10.0 Å². The highest BCUT2D eigenvalue weighted by Gasteiger charge is 2.18. The maximum Gasteiger partial charge on any atom is 0.225 e. The molecule has 4 N–H and O–H groups in total. The van der Waals surface area contributed by atoms with Gasteiger partial charge in [-0.3, -0.25) is 4.84 Å². The molecule has 1 heterocycles. The van der Waals surface area contributed by atoms with Crippen molar-refractivity contribution in [2.75, 3.05) is 30.2 Å². The van der Waals surface area contributed by atoms with Crippen LogP contribution in [0.2, 0.25) is 0 Å². The quantitative estimate of drug-likeness (QED) is 0.165. The monoisotopic (exact) mass is 392 g/mol. The van der Waals surface area contributed by atoms with Crippen LogP contribution in [0.25, 0.3) is 0 Å². The second-order valence-electron chi connectivity index (χ2n) is 4.78. The van der Waals surface area contributed by atoms with Crippen molar-refractivity contribution < 1.29 is 31.9 Å². The summed E-state index contributed by atoms with van der Waals surface area (Å²) in [6, 6.07) is 2.93. The highest BCUT2D eigenvalue weighted by atomic mass is 32.2. The SMILES string of the molecule is CS(=O)(=O)NCCONc1nonc1/C(=N/O)Nc1ccc(F)c(F)c1. The molecule has 0 unspecified atom stereocenters. The van der Waals surface area contributed by atoms with E-state index in [1.807, 2.05) is 0 Å². The first-order valence-corrected chi connectivity index (χ1v) is 8.79. The lowest BCUT2D eigenvalue weighted by atomic mass is 10.3. The average molecular weight is 392 g/mol. The molecule has 0 aliphatic heterocycles. The summed E-state index contributed by atoms with van der Waals surface area (Å²) >= 11 is 0. The molecule has 0 aliphatic carbocycles. The molecule has 0 bridgehead atoms. The van der Waals surface area contributed by atoms with Gasteiger partial charge in [-0.2, -0.15) is 0 Å². The normalized spacial score (nSPS) is 12.2. The molecular weight excluding hydrogens is 378 g/mol. The Labute approximate surface area is 146 Å². The molecule has 0 saturated heterocycles. The lowest BCUT2D eigenvalue weighted by molar-refractivity contribution is 0.195. The predicted octanol–water partition coefficient (Wildman–Crippen LogP) is 0.488. The molecule has 1 aromatic heterocycles. The number of oxime groups is 1. The number of nitrogens with zero attached hydrogens (tertiary/aromatic N) is 3. The van der Waals surface area contributed by atoms with E-state index in [0.29, 0.717) is 0 Å². The van der Waals surface area contributed by atoms with Crippen molar-refractivity contribution in [1.82, 2.24) is 15.0 Å². The van der Waals surface area contributed by atoms with Crippen molar-refractivity contribution in [2.24, 2.45) is 5.16 Å². The molecule has 0 saturated carbocycles. The van der Waals surface area contributed by atoms with Crippen molar-refractivity contribution >= 4 is 27.4 Å². The molecule has 26 heavy (non-hydrogen) atoms. The fraction of sp³-hybridized carbons (Fsp3) is 0.250. The Morgan fingerprint density at radius 1 is 1.35 bits per heavy atom. The van der Waals surface area contributed by atoms with Gasteiger partial charge in [0, 0.05) is 18.3 Å². The topological polar surface area (TPSA) is 151 Å². The number of rotatable bonds is 8. The summed E-state index contributed by atoms with van der Waals surface area (Å²) in [5, 5.41) is 21.5. The van der Waals surface area contributed by atoms with Gasteiger partial charge in [-0.15, -0.1) is 0 Å². The zero-order chi connectivity index (χ0) is 19.2. The summed E-state index contributed by atoms with van der Waals surface area (Å²) in [7, 11) is -3.35. The smallest absolute Gasteiger partial charge is 0.225 e. The molecule has 0 spiro atoms. The van der Waals surface area contributed by atoms with Crippen molar-refractivity contribution in [3.8, 4) is 0 Å². The first kappa shape index (κ1) is 19.5. The Balaban J connectivity index is 1.99. The number of sulfonamides is 1. The Hall–Kier alpha value is -2.84. The molecule has 0 atom stereocenters. The minimum atomic E-state index is -3.35. The largest absolute Gasteiger partial charge is 0.409 e. The van der Waals surface area contributed by atoms with Crippen LogP contribution in [-0.2, 0) is 14.9 Å². The van der Waals surface area contributed by atoms with Crippen molar-refractivity contribution in [3.05, 3.63) is 35.5 Å². The number of amidine groups is 1. The van der Waals surface area contributed by atoms with Crippen molar-refractivity contribution in [1.29, 1.82) is 0 Å². The van der Waals surface area contributed by atoms with Gasteiger partial charge in [0.15, 0.2) is 17.3 Å². The molecule has 0 aliphatic rings. The maximum absolute atomic E-state index is 13.2. The van der Waals surface area contributed by atoms with E-state index >= 15 is 0 Å². The number of aromatic nitrogens is 2. The van der Waals surface area contributed by atoms with Gasteiger partial charge in [-0.25, -0.2) is 32.0 Å². The van der Waals surface area contributed by atoms with Crippen molar-refractivity contribution in [2.45, 2.75) is 0 Å². The van der Waals surface area contributed by atoms with Gasteiger partial charge in [0.05, 0.1) is 12.9 Å². The molecule has 11 nitrogen and oxygen atoms in total. The van der Waals surface area contributed by atoms with E-state index in [-0.39, 0.29) is 36.2 Å². The first-order chi connectivity index (χ1) is 12.3. The van der Waals surface area contributed by atoms with E-state index in [0.717, 1.165) is 18.4 Å². The summed E-state index contributed by atoms with van der Waals surface area (Å²) in [6.07, 6.45) is 0.994. The second kappa shape index (κ2) is 8.50. The summed E-state index contributed by atoms with van der Waals surface area (Å²) in [5.41, 5.74) is 2.27. The van der Waals surface area contributed by atoms with Gasteiger partial charge in [0.2, 0.25) is 21.7 Å². The molecular formula is C12H14F2N6O5S. The van der Waals surface area contributed by atoms with Gasteiger partial charge in [0.1, 0.15) is 0 Å². The molecule has 0 fully saturated rings. The summed E-state index contributed by atoms with van der Waals surface area (Å²) in [6.45, 7) is -0.0813. The van der Waals surface area contributed by atoms with Crippen LogP contribution in [-0.4, -0.2) is 49.2 Å². The van der Waals surface area contributed by atoms with Crippen LogP contribution in [0.5, 0.6) is 0 Å². The summed E-state index contributed by atoms with van der Waals surface area (Å²) in [4.78, 5) is 4.98. The maximum atomic E-state index is 13.2. The van der Waals surface area contributed by atoms with Gasteiger partial charge in [-0.1, -0.05) is 5.16 Å². The van der Waals surface area contributed by atoms with Crippen LogP contribution in [0.4, 0.5) is 20.3 Å². The first-order valence-electron chi connectivity index (χ1n) is 6.89. The summed E-state index contributed by atoms with van der Waals surface area (Å²) < 4.78 is 54.7. The Morgan fingerprint density at radius 3 is 2.77 bits per heavy atom. The van der Waals surface area contributed by atoms with Crippen LogP contribution < -0.4 is 15.5 Å². The Morgan fingerprint density at radius 2 is 2.12 bits per heavy atom. The molecule has 0 amide bonds. The third kappa shape index (κ3) is 5.61. The fourth-order valence-corrected chi connectivity index (χ4v) is 2.10. The highest BCUT2D eigenvalue weighted by molar-refractivity contribution is 7.88. The standard InChI is InChI=1S/C12H14F2N6O5S/c1-26(22,23)15-4-5-24-19-12-10(18-25-20-12)11(17-21)16-7-2-3-8(13)9(14)6-7/h2-3,6,15,21H,4-5H2,1H3,(H,16,17)(H,19,20). The number of nitrogens with one attached hydrogen (secondary N) is 3. The second-order valence-corrected chi connectivity index (χ2v) is 6.61. The van der Waals surface area contributed by atoms with Gasteiger partial charge in [-0.05, 0) is 22.4 Å². The van der Waals surface area contributed by atoms with Gasteiger partial charge in [0.25, 0.3) is 0 Å². The Kier molecular flexibility index (Phi) is 6.37. The third-order valence-corrected chi connectivity index (χ3v) is 3.46. The number of hydrogen-bond donors (Lipinski definition) is 4. The molecule has 0 radical (unpaired) electrons. The van der Waals surface area contributed by atoms with Gasteiger partial charge < -0.3 is 10.5 Å². The van der Waals surface area contributed by atoms with Crippen LogP contribution in [0.15, 0.2) is 28.0 Å². The van der Waals surface area contributed by atoms with Crippen molar-refractivity contribution in [3.63, 3.8) is 0 Å². The molecule has 2 aromatic rings. The van der Waals surface area contributed by atoms with Crippen LogP contribution in [0.3, 0.4) is 0 Å². The predicted molar refractivity (Wildman–Crippen MR) is 85.0 cm³/mol. The van der Waals surface area contributed by atoms with E-state index in [9.17, 15) is 17.2 Å². The van der Waals surface area contributed by atoms with Crippen LogP contribution in [0, 0.1) is 11.6 Å². The van der Waals surface area contributed by atoms with Crippen LogP contribution in [0.1, 0.15) is 5.69 Å². The average Bonchev–Trinajstić information content (AvgIpc) is 3.03. The van der Waals surface area contributed by atoms with Gasteiger partial charge >= 0.3 is 0 Å². The molecule has 2 rings (SSSR count). The lowest BCUT2D eigenvalue weighted by Gasteiger charge is -2.08. The zero-order valence-electron chi connectivity index (χ0n) is 13.2. The van der Waals surface area contributed by atoms with E-state index < -0.39 is 21.7 Å². The number of benzene rings is 1. The van der Waals surface area contributed by atoms with Crippen LogP contribution >= 0.6 is 0 Å².